The molecule has 1 fully saturated rings. The first-order valence-electron chi connectivity index (χ1n) is 8.14. The van der Waals surface area contributed by atoms with Gasteiger partial charge in [-0.2, -0.15) is 0 Å². The number of hydrogen-bond acceptors (Lipinski definition) is 4. The smallest absolute Gasteiger partial charge is 0.335 e. The van der Waals surface area contributed by atoms with Crippen molar-refractivity contribution in [2.24, 2.45) is 0 Å². The maximum absolute atomic E-state index is 12.9. The van der Waals surface area contributed by atoms with Crippen LogP contribution in [0.5, 0.6) is 0 Å². The van der Waals surface area contributed by atoms with Crippen LogP contribution in [-0.4, -0.2) is 21.3 Å². The molecule has 0 unspecified atom stereocenters. The third-order valence-electron chi connectivity index (χ3n) is 4.28. The molecule has 4 rings (SSSR count). The second-order valence-corrected chi connectivity index (χ2v) is 7.61. The van der Waals surface area contributed by atoms with Gasteiger partial charge in [0.25, 0.3) is 5.91 Å². The van der Waals surface area contributed by atoms with E-state index < -0.39 is 5.97 Å². The Kier molecular flexibility index (Phi) is 4.51. The summed E-state index contributed by atoms with van der Waals surface area (Å²) in [5.74, 6) is -1.22. The number of fused-ring (bicyclic) bond motifs is 1. The van der Waals surface area contributed by atoms with Crippen LogP contribution in [0.25, 0.3) is 16.8 Å². The predicted molar refractivity (Wildman–Crippen MR) is 113 cm³/mol. The SMILES string of the molecule is O=C(O)c1ccc(N2C(=O)/C(=C/c3cccc4ccccc34)SC2=S)cc1. The number of anilines is 1. The molecule has 0 saturated carbocycles. The van der Waals surface area contributed by atoms with Gasteiger partial charge in [0.2, 0.25) is 0 Å². The Balaban J connectivity index is 1.70. The molecule has 1 heterocycles. The number of carbonyl (C=O) groups is 2. The summed E-state index contributed by atoms with van der Waals surface area (Å²) in [5.41, 5.74) is 1.68. The number of carbonyl (C=O) groups excluding carboxylic acids is 1. The Hall–Kier alpha value is -2.96. The van der Waals surface area contributed by atoms with Crippen molar-refractivity contribution in [1.82, 2.24) is 0 Å². The summed E-state index contributed by atoms with van der Waals surface area (Å²) < 4.78 is 0.426. The number of thiocarbonyl (C=S) groups is 1. The molecule has 0 radical (unpaired) electrons. The van der Waals surface area contributed by atoms with E-state index in [0.29, 0.717) is 14.9 Å². The predicted octanol–water partition coefficient (Wildman–Crippen LogP) is 4.94. The fourth-order valence-corrected chi connectivity index (χ4v) is 4.25. The number of amides is 1. The second kappa shape index (κ2) is 6.98. The highest BCUT2D eigenvalue weighted by molar-refractivity contribution is 8.27. The van der Waals surface area contributed by atoms with Gasteiger partial charge in [0.1, 0.15) is 0 Å². The summed E-state index contributed by atoms with van der Waals surface area (Å²) in [6.45, 7) is 0. The lowest BCUT2D eigenvalue weighted by Crippen LogP contribution is -2.27. The summed E-state index contributed by atoms with van der Waals surface area (Å²) in [4.78, 5) is 25.9. The van der Waals surface area contributed by atoms with Gasteiger partial charge in [-0.05, 0) is 46.7 Å². The van der Waals surface area contributed by atoms with Gasteiger partial charge in [-0.1, -0.05) is 66.4 Å². The number of aromatic carboxylic acids is 1. The van der Waals surface area contributed by atoms with Crippen LogP contribution in [0.1, 0.15) is 15.9 Å². The highest BCUT2D eigenvalue weighted by Gasteiger charge is 2.33. The molecule has 0 spiro atoms. The quantitative estimate of drug-likeness (QED) is 0.506. The van der Waals surface area contributed by atoms with Crippen molar-refractivity contribution in [2.45, 2.75) is 0 Å². The van der Waals surface area contributed by atoms with Crippen LogP contribution in [-0.2, 0) is 4.79 Å². The number of thioether (sulfide) groups is 1. The van der Waals surface area contributed by atoms with E-state index in [9.17, 15) is 9.59 Å². The average molecular weight is 391 g/mol. The fourth-order valence-electron chi connectivity index (χ4n) is 2.96. The monoisotopic (exact) mass is 391 g/mol. The normalized spacial score (nSPS) is 15.7. The molecular formula is C21H13NO3S2. The molecule has 1 saturated heterocycles. The first kappa shape index (κ1) is 17.5. The van der Waals surface area contributed by atoms with Crippen LogP contribution < -0.4 is 4.90 Å². The van der Waals surface area contributed by atoms with Gasteiger partial charge in [-0.15, -0.1) is 0 Å². The topological polar surface area (TPSA) is 57.6 Å². The Labute approximate surface area is 165 Å². The maximum atomic E-state index is 12.9. The van der Waals surface area contributed by atoms with Gasteiger partial charge >= 0.3 is 5.97 Å². The molecule has 132 valence electrons. The van der Waals surface area contributed by atoms with E-state index in [1.807, 2.05) is 48.5 Å². The highest BCUT2D eigenvalue weighted by atomic mass is 32.2. The summed E-state index contributed by atoms with van der Waals surface area (Å²) in [6, 6.07) is 20.1. The average Bonchev–Trinajstić information content (AvgIpc) is 2.95. The van der Waals surface area contributed by atoms with E-state index in [0.717, 1.165) is 16.3 Å². The van der Waals surface area contributed by atoms with Gasteiger partial charge in [0, 0.05) is 0 Å². The molecule has 3 aromatic rings. The molecule has 1 amide bonds. The summed E-state index contributed by atoms with van der Waals surface area (Å²) in [5, 5.41) is 11.2. The summed E-state index contributed by atoms with van der Waals surface area (Å²) >= 11 is 6.63. The van der Waals surface area contributed by atoms with E-state index >= 15 is 0 Å². The van der Waals surface area contributed by atoms with E-state index in [1.165, 1.54) is 28.8 Å². The molecule has 0 bridgehead atoms. The Bertz CT molecular complexity index is 1110. The largest absolute Gasteiger partial charge is 0.478 e. The summed E-state index contributed by atoms with van der Waals surface area (Å²) in [7, 11) is 0. The standard InChI is InChI=1S/C21H13NO3S2/c23-19-18(12-15-6-3-5-13-4-1-2-7-17(13)15)27-21(26)22(19)16-10-8-14(9-11-16)20(24)25/h1-12H,(H,24,25)/b18-12-. The van der Waals surface area contributed by atoms with E-state index in [4.69, 9.17) is 17.3 Å². The zero-order chi connectivity index (χ0) is 19.0. The number of hydrogen-bond donors (Lipinski definition) is 1. The minimum Gasteiger partial charge on any atom is -0.478 e. The number of carboxylic acids is 1. The minimum atomic E-state index is -1.01. The van der Waals surface area contributed by atoms with Crippen LogP contribution in [0.2, 0.25) is 0 Å². The molecule has 3 aromatic carbocycles. The van der Waals surface area contributed by atoms with Crippen LogP contribution in [0, 0.1) is 0 Å². The molecule has 1 N–H and O–H groups in total. The van der Waals surface area contributed by atoms with Crippen molar-refractivity contribution < 1.29 is 14.7 Å². The molecule has 27 heavy (non-hydrogen) atoms. The van der Waals surface area contributed by atoms with Crippen molar-refractivity contribution in [3.05, 3.63) is 82.8 Å². The van der Waals surface area contributed by atoms with Crippen molar-refractivity contribution >= 4 is 62.7 Å². The molecule has 1 aliphatic rings. The third kappa shape index (κ3) is 3.25. The van der Waals surface area contributed by atoms with E-state index in [2.05, 4.69) is 0 Å². The van der Waals surface area contributed by atoms with E-state index in [-0.39, 0.29) is 11.5 Å². The van der Waals surface area contributed by atoms with Crippen molar-refractivity contribution in [3.63, 3.8) is 0 Å². The van der Waals surface area contributed by atoms with E-state index in [1.54, 1.807) is 12.1 Å². The Morgan fingerprint density at radius 2 is 1.70 bits per heavy atom. The first-order chi connectivity index (χ1) is 13.0. The zero-order valence-electron chi connectivity index (χ0n) is 14.0. The van der Waals surface area contributed by atoms with Gasteiger partial charge in [0.15, 0.2) is 4.32 Å². The van der Waals surface area contributed by atoms with Gasteiger partial charge < -0.3 is 5.11 Å². The zero-order valence-corrected chi connectivity index (χ0v) is 15.6. The fraction of sp³-hybridized carbons (Fsp3) is 0. The number of carboxylic acid groups (broad SMARTS) is 1. The minimum absolute atomic E-state index is 0.162. The van der Waals surface area contributed by atoms with Crippen LogP contribution in [0.3, 0.4) is 0 Å². The van der Waals surface area contributed by atoms with Gasteiger partial charge in [0.05, 0.1) is 16.2 Å². The van der Waals surface area contributed by atoms with Crippen LogP contribution >= 0.6 is 24.0 Å². The maximum Gasteiger partial charge on any atom is 0.335 e. The molecule has 0 aliphatic carbocycles. The number of rotatable bonds is 3. The molecule has 6 heteroatoms. The van der Waals surface area contributed by atoms with Gasteiger partial charge in [-0.3, -0.25) is 9.69 Å². The molecular weight excluding hydrogens is 378 g/mol. The van der Waals surface area contributed by atoms with Crippen LogP contribution in [0.4, 0.5) is 5.69 Å². The summed E-state index contributed by atoms with van der Waals surface area (Å²) in [6.07, 6.45) is 1.85. The first-order valence-corrected chi connectivity index (χ1v) is 9.36. The van der Waals surface area contributed by atoms with Crippen molar-refractivity contribution in [2.75, 3.05) is 4.90 Å². The molecule has 0 aromatic heterocycles. The van der Waals surface area contributed by atoms with Crippen molar-refractivity contribution in [1.29, 1.82) is 0 Å². The van der Waals surface area contributed by atoms with Crippen LogP contribution in [0.15, 0.2) is 71.6 Å². The van der Waals surface area contributed by atoms with Gasteiger partial charge in [-0.25, -0.2) is 4.79 Å². The number of benzene rings is 3. The lowest BCUT2D eigenvalue weighted by molar-refractivity contribution is -0.113. The third-order valence-corrected chi connectivity index (χ3v) is 5.58. The molecule has 1 aliphatic heterocycles. The van der Waals surface area contributed by atoms with Crippen molar-refractivity contribution in [3.8, 4) is 0 Å². The molecule has 0 atom stereocenters. The Morgan fingerprint density at radius 1 is 1.00 bits per heavy atom. The second-order valence-electron chi connectivity index (χ2n) is 5.94. The Morgan fingerprint density at radius 3 is 2.44 bits per heavy atom. The lowest BCUT2D eigenvalue weighted by Gasteiger charge is -2.14. The number of nitrogens with zero attached hydrogens (tertiary/aromatic N) is 1. The molecule has 4 nitrogen and oxygen atoms in total. The lowest BCUT2D eigenvalue weighted by atomic mass is 10.0. The highest BCUT2D eigenvalue weighted by Crippen LogP contribution is 2.36.